The van der Waals surface area contributed by atoms with Crippen LogP contribution >= 0.6 is 11.6 Å². The molecular weight excluding hydrogens is 380 g/mol. The van der Waals surface area contributed by atoms with Gasteiger partial charge in [-0.05, 0) is 38.3 Å². The van der Waals surface area contributed by atoms with Gasteiger partial charge in [0.25, 0.3) is 6.01 Å². The molecule has 1 aliphatic heterocycles. The number of fused-ring (bicyclic) bond motifs is 1. The molecule has 1 saturated heterocycles. The number of ether oxygens (including phenoxy) is 1. The van der Waals surface area contributed by atoms with E-state index in [-0.39, 0.29) is 5.22 Å². The normalized spacial score (nSPS) is 15.1. The smallest absolute Gasteiger partial charge is 0.299 e. The third kappa shape index (κ3) is 3.24. The molecule has 4 rings (SSSR count). The zero-order valence-electron chi connectivity index (χ0n) is 16.7. The maximum atomic E-state index is 6.39. The van der Waals surface area contributed by atoms with Crippen LogP contribution in [-0.4, -0.2) is 51.0 Å². The van der Waals surface area contributed by atoms with E-state index >= 15 is 0 Å². The minimum Gasteiger partial charge on any atom is -0.411 e. The van der Waals surface area contributed by atoms with Gasteiger partial charge in [0.05, 0.1) is 30.6 Å². The van der Waals surface area contributed by atoms with Crippen molar-refractivity contribution in [3.63, 3.8) is 0 Å². The lowest BCUT2D eigenvalue weighted by Gasteiger charge is -2.24. The van der Waals surface area contributed by atoms with Gasteiger partial charge in [-0.25, -0.2) is 14.6 Å². The molecule has 9 heteroatoms. The van der Waals surface area contributed by atoms with E-state index in [2.05, 4.69) is 18.8 Å². The summed E-state index contributed by atoms with van der Waals surface area (Å²) in [7, 11) is 0. The lowest BCUT2D eigenvalue weighted by Crippen LogP contribution is -2.36. The van der Waals surface area contributed by atoms with E-state index in [0.717, 1.165) is 48.5 Å². The average Bonchev–Trinajstić information content (AvgIpc) is 3.23. The zero-order chi connectivity index (χ0) is 19.8. The van der Waals surface area contributed by atoms with E-state index in [9.17, 15) is 0 Å². The summed E-state index contributed by atoms with van der Waals surface area (Å²) in [6.07, 6.45) is 1.99. The standard InChI is InChI=1S/C19H25ClN6O2/c1-5-13(6-2)26-18-15(12(4)24-26)22-14(11(3)21-18)16-17(20)28-19(23-16)25-7-9-27-10-8-25/h13H,5-10H2,1-4H3. The Hall–Kier alpha value is -2.19. The number of oxazole rings is 1. The van der Waals surface area contributed by atoms with E-state index < -0.39 is 0 Å². The quantitative estimate of drug-likeness (QED) is 0.636. The number of aromatic nitrogens is 5. The third-order valence-electron chi connectivity index (χ3n) is 5.24. The Morgan fingerprint density at radius 1 is 1.00 bits per heavy atom. The predicted molar refractivity (Wildman–Crippen MR) is 108 cm³/mol. The van der Waals surface area contributed by atoms with Crippen LogP contribution < -0.4 is 4.90 Å². The Kier molecular flexibility index (Phi) is 5.25. The highest BCUT2D eigenvalue weighted by Gasteiger charge is 2.24. The maximum Gasteiger partial charge on any atom is 0.299 e. The summed E-state index contributed by atoms with van der Waals surface area (Å²) in [6, 6.07) is 0.799. The van der Waals surface area contributed by atoms with Gasteiger partial charge in [0, 0.05) is 13.1 Å². The fraction of sp³-hybridized carbons (Fsp3) is 0.579. The second-order valence-corrected chi connectivity index (χ2v) is 7.39. The minimum absolute atomic E-state index is 0.225. The molecule has 0 saturated carbocycles. The lowest BCUT2D eigenvalue weighted by atomic mass is 10.2. The molecule has 0 spiro atoms. The highest BCUT2D eigenvalue weighted by atomic mass is 35.5. The first-order valence-corrected chi connectivity index (χ1v) is 10.1. The summed E-state index contributed by atoms with van der Waals surface area (Å²) < 4.78 is 13.1. The highest BCUT2D eigenvalue weighted by Crippen LogP contribution is 2.34. The summed E-state index contributed by atoms with van der Waals surface area (Å²) in [5, 5.41) is 4.93. The molecule has 1 aliphatic rings. The van der Waals surface area contributed by atoms with Gasteiger partial charge in [-0.1, -0.05) is 13.8 Å². The van der Waals surface area contributed by atoms with Crippen molar-refractivity contribution >= 4 is 28.8 Å². The molecule has 0 amide bonds. The molecule has 4 heterocycles. The van der Waals surface area contributed by atoms with Gasteiger partial charge < -0.3 is 14.1 Å². The van der Waals surface area contributed by atoms with Crippen molar-refractivity contribution in [3.05, 3.63) is 16.6 Å². The number of nitrogens with zero attached hydrogens (tertiary/aromatic N) is 6. The van der Waals surface area contributed by atoms with Gasteiger partial charge in [-0.3, -0.25) is 0 Å². The van der Waals surface area contributed by atoms with Crippen LogP contribution in [0, 0.1) is 13.8 Å². The number of morpholine rings is 1. The molecule has 0 atom stereocenters. The fourth-order valence-corrected chi connectivity index (χ4v) is 3.81. The summed E-state index contributed by atoms with van der Waals surface area (Å²) in [5.74, 6) is 0. The second kappa shape index (κ2) is 7.67. The van der Waals surface area contributed by atoms with E-state index in [0.29, 0.717) is 36.7 Å². The molecular formula is C19H25ClN6O2. The average molecular weight is 405 g/mol. The Balaban J connectivity index is 1.78. The molecule has 8 nitrogen and oxygen atoms in total. The summed E-state index contributed by atoms with van der Waals surface area (Å²) in [6.45, 7) is 10.9. The van der Waals surface area contributed by atoms with Crippen LogP contribution in [0.25, 0.3) is 22.6 Å². The molecule has 0 aliphatic carbocycles. The minimum atomic E-state index is 0.225. The van der Waals surface area contributed by atoms with E-state index in [1.807, 2.05) is 23.4 Å². The number of hydrogen-bond donors (Lipinski definition) is 0. The van der Waals surface area contributed by atoms with Gasteiger partial charge in [0.15, 0.2) is 11.3 Å². The van der Waals surface area contributed by atoms with Gasteiger partial charge in [0.1, 0.15) is 11.2 Å². The van der Waals surface area contributed by atoms with Crippen LogP contribution in [-0.2, 0) is 4.74 Å². The van der Waals surface area contributed by atoms with Gasteiger partial charge in [0.2, 0.25) is 5.22 Å². The number of anilines is 1. The van der Waals surface area contributed by atoms with Crippen molar-refractivity contribution < 1.29 is 9.15 Å². The van der Waals surface area contributed by atoms with Crippen molar-refractivity contribution in [2.24, 2.45) is 0 Å². The predicted octanol–water partition coefficient (Wildman–Crippen LogP) is 3.95. The number of hydrogen-bond acceptors (Lipinski definition) is 7. The first-order valence-electron chi connectivity index (χ1n) is 9.76. The van der Waals surface area contributed by atoms with Crippen molar-refractivity contribution in [1.82, 2.24) is 24.7 Å². The zero-order valence-corrected chi connectivity index (χ0v) is 17.5. The molecule has 28 heavy (non-hydrogen) atoms. The Bertz CT molecular complexity index is 988. The molecule has 3 aromatic heterocycles. The second-order valence-electron chi connectivity index (χ2n) is 7.05. The highest BCUT2D eigenvalue weighted by molar-refractivity contribution is 6.31. The van der Waals surface area contributed by atoms with E-state index in [1.54, 1.807) is 0 Å². The van der Waals surface area contributed by atoms with Crippen LogP contribution in [0.1, 0.15) is 44.1 Å². The van der Waals surface area contributed by atoms with Crippen molar-refractivity contribution in [2.45, 2.75) is 46.6 Å². The molecule has 150 valence electrons. The first-order chi connectivity index (χ1) is 13.5. The molecule has 0 aromatic carbocycles. The van der Waals surface area contributed by atoms with Crippen LogP contribution in [0.5, 0.6) is 0 Å². The summed E-state index contributed by atoms with van der Waals surface area (Å²) in [4.78, 5) is 16.3. The van der Waals surface area contributed by atoms with E-state index in [1.165, 1.54) is 0 Å². The Morgan fingerprint density at radius 2 is 1.71 bits per heavy atom. The van der Waals surface area contributed by atoms with E-state index in [4.69, 9.17) is 35.8 Å². The number of halogens is 1. The topological polar surface area (TPSA) is 82.1 Å². The molecule has 0 N–H and O–H groups in total. The van der Waals surface area contributed by atoms with Crippen LogP contribution in [0.4, 0.5) is 6.01 Å². The molecule has 1 fully saturated rings. The molecule has 0 radical (unpaired) electrons. The SMILES string of the molecule is CCC(CC)n1nc(C)c2nc(-c3nc(N4CCOCC4)oc3Cl)c(C)nc21. The first kappa shape index (κ1) is 19.1. The van der Waals surface area contributed by atoms with Crippen molar-refractivity contribution in [3.8, 4) is 11.4 Å². The van der Waals surface area contributed by atoms with Crippen molar-refractivity contribution in [2.75, 3.05) is 31.2 Å². The van der Waals surface area contributed by atoms with Gasteiger partial charge in [-0.2, -0.15) is 10.1 Å². The number of rotatable bonds is 5. The largest absolute Gasteiger partial charge is 0.411 e. The van der Waals surface area contributed by atoms with Gasteiger partial charge in [-0.15, -0.1) is 0 Å². The van der Waals surface area contributed by atoms with Crippen molar-refractivity contribution in [1.29, 1.82) is 0 Å². The lowest BCUT2D eigenvalue weighted by molar-refractivity contribution is 0.120. The summed E-state index contributed by atoms with van der Waals surface area (Å²) >= 11 is 6.39. The molecule has 0 bridgehead atoms. The Labute approximate surface area is 168 Å². The molecule has 3 aromatic rings. The summed E-state index contributed by atoms with van der Waals surface area (Å²) in [5.41, 5.74) is 4.34. The molecule has 0 unspecified atom stereocenters. The third-order valence-corrected chi connectivity index (χ3v) is 5.49. The van der Waals surface area contributed by atoms with Crippen LogP contribution in [0.3, 0.4) is 0 Å². The monoisotopic (exact) mass is 404 g/mol. The Morgan fingerprint density at radius 3 is 2.39 bits per heavy atom. The van der Waals surface area contributed by atoms with Crippen LogP contribution in [0.2, 0.25) is 5.22 Å². The van der Waals surface area contributed by atoms with Crippen LogP contribution in [0.15, 0.2) is 4.42 Å². The van der Waals surface area contributed by atoms with Gasteiger partial charge >= 0.3 is 0 Å². The number of aryl methyl sites for hydroxylation is 2. The fourth-order valence-electron chi connectivity index (χ4n) is 3.61. The maximum absolute atomic E-state index is 6.39.